The van der Waals surface area contributed by atoms with E-state index in [1.807, 2.05) is 0 Å². The molecule has 0 aromatic heterocycles. The van der Waals surface area contributed by atoms with Crippen molar-refractivity contribution >= 4 is 95.0 Å². The molecule has 0 heterocycles. The molecule has 16 heavy (non-hydrogen) atoms. The van der Waals surface area contributed by atoms with Crippen LogP contribution in [-0.4, -0.2) is 31.1 Å². The number of alkyl halides is 6. The highest BCUT2D eigenvalue weighted by atomic mass is 80.0. The maximum absolute atomic E-state index is 11.5. The molecule has 1 unspecified atom stereocenters. The summed E-state index contributed by atoms with van der Waals surface area (Å²) >= 11 is 25.2. The van der Waals surface area contributed by atoms with Crippen molar-refractivity contribution in [3.05, 3.63) is 0 Å². The summed E-state index contributed by atoms with van der Waals surface area (Å²) < 4.78 is 6.27. The van der Waals surface area contributed by atoms with Crippen LogP contribution in [0.15, 0.2) is 0 Å². The molecule has 0 aromatic rings. The standard InChI is InChI=1S/C6H4Br3Cl3O4/c7-6(8,9)3(16-2-13)4(14)15-1-5(10,11)12/h2-3H,1H2. The maximum atomic E-state index is 11.5. The van der Waals surface area contributed by atoms with Crippen molar-refractivity contribution in [2.75, 3.05) is 6.61 Å². The van der Waals surface area contributed by atoms with Gasteiger partial charge in [0.1, 0.15) is 6.61 Å². The Balaban J connectivity index is 4.46. The molecular formula is C6H4Br3Cl3O4. The van der Waals surface area contributed by atoms with Gasteiger partial charge in [0.2, 0.25) is 9.90 Å². The van der Waals surface area contributed by atoms with Gasteiger partial charge in [0, 0.05) is 0 Å². The second-order valence-electron chi connectivity index (χ2n) is 2.38. The highest BCUT2D eigenvalue weighted by Gasteiger charge is 2.41. The van der Waals surface area contributed by atoms with Gasteiger partial charge in [-0.2, -0.15) is 0 Å². The van der Waals surface area contributed by atoms with Crippen LogP contribution in [0.25, 0.3) is 0 Å². The van der Waals surface area contributed by atoms with Crippen molar-refractivity contribution < 1.29 is 19.1 Å². The van der Waals surface area contributed by atoms with E-state index in [0.29, 0.717) is 0 Å². The third kappa shape index (κ3) is 7.55. The number of esters is 1. The molecular weight excluding hydrogens is 482 g/mol. The van der Waals surface area contributed by atoms with Gasteiger partial charge in [0.05, 0.1) is 0 Å². The van der Waals surface area contributed by atoms with Gasteiger partial charge < -0.3 is 9.47 Å². The molecule has 0 saturated carbocycles. The fourth-order valence-electron chi connectivity index (χ4n) is 0.551. The summed E-state index contributed by atoms with van der Waals surface area (Å²) in [6.45, 7) is -0.363. The van der Waals surface area contributed by atoms with E-state index >= 15 is 0 Å². The van der Waals surface area contributed by atoms with E-state index in [-0.39, 0.29) is 6.47 Å². The first-order valence-electron chi connectivity index (χ1n) is 3.47. The number of halogens is 6. The highest BCUT2D eigenvalue weighted by Crippen LogP contribution is 2.39. The molecule has 0 aliphatic heterocycles. The van der Waals surface area contributed by atoms with Crippen LogP contribution in [0.5, 0.6) is 0 Å². The largest absolute Gasteiger partial charge is 0.458 e. The van der Waals surface area contributed by atoms with E-state index in [4.69, 9.17) is 34.8 Å². The predicted molar refractivity (Wildman–Crippen MR) is 71.7 cm³/mol. The van der Waals surface area contributed by atoms with E-state index in [1.165, 1.54) is 0 Å². The molecule has 10 heteroatoms. The zero-order chi connectivity index (χ0) is 13.0. The Kier molecular flexibility index (Phi) is 7.54. The summed E-state index contributed by atoms with van der Waals surface area (Å²) in [5.41, 5.74) is 0. The molecule has 94 valence electrons. The van der Waals surface area contributed by atoms with Gasteiger partial charge in [-0.3, -0.25) is 4.79 Å². The second-order valence-corrected chi connectivity index (χ2v) is 11.8. The van der Waals surface area contributed by atoms with Crippen LogP contribution in [0.4, 0.5) is 0 Å². The number of ether oxygens (including phenoxy) is 2. The molecule has 0 saturated heterocycles. The molecule has 1 atom stereocenters. The van der Waals surface area contributed by atoms with Crippen LogP contribution in [0.2, 0.25) is 0 Å². The monoisotopic (exact) mass is 482 g/mol. The van der Waals surface area contributed by atoms with Crippen molar-refractivity contribution in [2.45, 2.75) is 12.0 Å². The second kappa shape index (κ2) is 6.99. The number of hydrogen-bond acceptors (Lipinski definition) is 4. The predicted octanol–water partition coefficient (Wildman–Crippen LogP) is 3.28. The Labute approximate surface area is 132 Å². The highest BCUT2D eigenvalue weighted by molar-refractivity contribution is 9.39. The fourth-order valence-corrected chi connectivity index (χ4v) is 1.60. The van der Waals surface area contributed by atoms with Gasteiger partial charge in [0.15, 0.2) is 2.14 Å². The summed E-state index contributed by atoms with van der Waals surface area (Å²) in [7, 11) is 0. The quantitative estimate of drug-likeness (QED) is 0.348. The molecule has 0 fully saturated rings. The van der Waals surface area contributed by atoms with Gasteiger partial charge in [-0.1, -0.05) is 82.6 Å². The first-order chi connectivity index (χ1) is 7.08. The van der Waals surface area contributed by atoms with Crippen LogP contribution in [0.3, 0.4) is 0 Å². The Morgan fingerprint density at radius 2 is 1.81 bits per heavy atom. The zero-order valence-electron chi connectivity index (χ0n) is 7.26. The maximum Gasteiger partial charge on any atom is 0.350 e. The minimum absolute atomic E-state index is 0.0970. The molecule has 0 aliphatic carbocycles. The topological polar surface area (TPSA) is 52.6 Å². The number of carbonyl (C=O) groups is 2. The average molecular weight is 486 g/mol. The van der Waals surface area contributed by atoms with Gasteiger partial charge in [-0.15, -0.1) is 0 Å². The third-order valence-electron chi connectivity index (χ3n) is 1.08. The van der Waals surface area contributed by atoms with Crippen LogP contribution in [-0.2, 0) is 19.1 Å². The van der Waals surface area contributed by atoms with Gasteiger partial charge in [-0.25, -0.2) is 4.79 Å². The molecule has 0 N–H and O–H groups in total. The number of rotatable bonds is 4. The molecule has 0 amide bonds. The minimum Gasteiger partial charge on any atom is -0.458 e. The molecule has 0 rings (SSSR count). The number of carbonyl (C=O) groups excluding carboxylic acids is 2. The van der Waals surface area contributed by atoms with Crippen molar-refractivity contribution in [3.8, 4) is 0 Å². The van der Waals surface area contributed by atoms with E-state index in [1.54, 1.807) is 0 Å². The van der Waals surface area contributed by atoms with Gasteiger partial charge in [0.25, 0.3) is 6.47 Å². The first kappa shape index (κ1) is 17.2. The third-order valence-corrected chi connectivity index (χ3v) is 2.66. The van der Waals surface area contributed by atoms with Crippen molar-refractivity contribution in [1.29, 1.82) is 0 Å². The Morgan fingerprint density at radius 3 is 2.12 bits per heavy atom. The Bertz CT molecular complexity index is 263. The summed E-state index contributed by atoms with van der Waals surface area (Å²) in [5.74, 6) is -0.885. The molecule has 0 spiro atoms. The van der Waals surface area contributed by atoms with Crippen LogP contribution in [0.1, 0.15) is 0 Å². The molecule has 0 aliphatic rings. The van der Waals surface area contributed by atoms with E-state index in [9.17, 15) is 9.59 Å². The SMILES string of the molecule is O=COC(C(=O)OCC(Cl)(Cl)Cl)C(Br)(Br)Br. The van der Waals surface area contributed by atoms with Crippen LogP contribution >= 0.6 is 82.6 Å². The van der Waals surface area contributed by atoms with Crippen molar-refractivity contribution in [1.82, 2.24) is 0 Å². The first-order valence-corrected chi connectivity index (χ1v) is 6.98. The van der Waals surface area contributed by atoms with Gasteiger partial charge in [-0.05, 0) is 0 Å². The van der Waals surface area contributed by atoms with E-state index in [0.717, 1.165) is 0 Å². The normalized spacial score (nSPS) is 14.1. The Hall–Kier alpha value is 1.25. The van der Waals surface area contributed by atoms with Crippen LogP contribution in [0, 0.1) is 0 Å². The average Bonchev–Trinajstić information content (AvgIpc) is 2.07. The molecule has 4 nitrogen and oxygen atoms in total. The summed E-state index contributed by atoms with van der Waals surface area (Å²) in [4.78, 5) is 21.7. The summed E-state index contributed by atoms with van der Waals surface area (Å²) in [6.07, 6.45) is -1.28. The zero-order valence-corrected chi connectivity index (χ0v) is 14.3. The minimum atomic E-state index is -1.73. The summed E-state index contributed by atoms with van der Waals surface area (Å²) in [6, 6.07) is 0. The fraction of sp³-hybridized carbons (Fsp3) is 0.667. The van der Waals surface area contributed by atoms with E-state index in [2.05, 4.69) is 57.3 Å². The van der Waals surface area contributed by atoms with Gasteiger partial charge >= 0.3 is 5.97 Å². The lowest BCUT2D eigenvalue weighted by atomic mass is 10.4. The lowest BCUT2D eigenvalue weighted by Crippen LogP contribution is -2.38. The van der Waals surface area contributed by atoms with E-state index < -0.39 is 24.6 Å². The Morgan fingerprint density at radius 1 is 1.31 bits per heavy atom. The number of hydrogen-bond donors (Lipinski definition) is 0. The molecule has 0 aromatic carbocycles. The van der Waals surface area contributed by atoms with Crippen molar-refractivity contribution in [2.24, 2.45) is 0 Å². The summed E-state index contributed by atoms with van der Waals surface area (Å²) in [5, 5.41) is 0. The van der Waals surface area contributed by atoms with Crippen LogP contribution < -0.4 is 0 Å². The molecule has 0 bridgehead atoms. The smallest absolute Gasteiger partial charge is 0.350 e. The lowest BCUT2D eigenvalue weighted by molar-refractivity contribution is -0.160. The van der Waals surface area contributed by atoms with Crippen molar-refractivity contribution in [3.63, 3.8) is 0 Å². The lowest BCUT2D eigenvalue weighted by Gasteiger charge is -2.22. The molecule has 0 radical (unpaired) electrons.